The Morgan fingerprint density at radius 3 is 1.57 bits per heavy atom. The molecule has 15 nitrogen and oxygen atoms in total. The van der Waals surface area contributed by atoms with Crippen LogP contribution in [0.25, 0.3) is 15.4 Å². The number of rotatable bonds is 9. The smallest absolute Gasteiger partial charge is 0.417 e. The lowest BCUT2D eigenvalue weighted by Gasteiger charge is -2.45. The number of carbonyl (C=O) groups excluding carboxylic acids is 2. The van der Waals surface area contributed by atoms with Gasteiger partial charge in [-0.25, -0.2) is 66.6 Å². The number of alkyl halides is 2. The van der Waals surface area contributed by atoms with Gasteiger partial charge in [-0.05, 0) is 126 Å². The number of pyridine rings is 2. The van der Waals surface area contributed by atoms with Gasteiger partial charge in [0, 0.05) is 54.9 Å². The van der Waals surface area contributed by atoms with E-state index in [1.165, 1.54) is 71.2 Å². The maximum atomic E-state index is 14.7. The van der Waals surface area contributed by atoms with Crippen molar-refractivity contribution in [2.75, 3.05) is 22.9 Å². The van der Waals surface area contributed by atoms with E-state index in [0.29, 0.717) is 15.8 Å². The molecule has 0 saturated heterocycles. The summed E-state index contributed by atoms with van der Waals surface area (Å²) >= 11 is 3.25. The Kier molecular flexibility index (Phi) is 16.0. The standard InChI is InChI=1S/C24H24F2N6O2.C19H21BrF2N4O2.C6H5N/c1-23(2,3)34-22(33)32(15-24(10-16(25)11-24)20-19(26)6-5-8-28-20)21-29-12-18(13-30-21)31-9-7-17(14-31)27-4;1-18(2,3)28-17(27)26(16-24-9-12(20)10-25-16)11-19(7-13(21)8-19)15-14(22)5-4-6-23-15;1-7-6-4-2-3-5-6/h5-9,12-14,16H,10-11,15H2,1-3H3;4-6,9-10,13H,7-8,11H2,1-3H3;2,4-5H,3H2. The second kappa shape index (κ2) is 21.5. The van der Waals surface area contributed by atoms with E-state index in [-0.39, 0.29) is 62.1 Å². The molecule has 0 spiro atoms. The van der Waals surface area contributed by atoms with Crippen molar-refractivity contribution in [2.24, 2.45) is 0 Å². The molecule has 0 atom stereocenters. The van der Waals surface area contributed by atoms with Crippen molar-refractivity contribution in [3.8, 4) is 5.69 Å². The SMILES string of the molecule is CC(C)(C)OC(=O)N(CC1(c2ncccc2F)CC(F)C1)c1ncc(Br)cn1.[C-]#[N+]C1=CCC=C1.[C-]#[N+]c1ccn(-c2cnc(N(CC3(c4ncccc4F)CC(F)C3)C(=O)OC(C)(C)C)nc2)c1. The van der Waals surface area contributed by atoms with Crippen LogP contribution in [-0.4, -0.2) is 83.3 Å². The molecule has 0 bridgehead atoms. The number of hydrogen-bond acceptors (Lipinski definition) is 10. The third-order valence-electron chi connectivity index (χ3n) is 10.8. The van der Waals surface area contributed by atoms with E-state index in [1.807, 2.05) is 18.2 Å². The summed E-state index contributed by atoms with van der Waals surface area (Å²) in [5.41, 5.74) is -1.50. The number of amides is 2. The van der Waals surface area contributed by atoms with Crippen LogP contribution in [0.5, 0.6) is 0 Å². The van der Waals surface area contributed by atoms with Gasteiger partial charge >= 0.3 is 12.2 Å². The van der Waals surface area contributed by atoms with Gasteiger partial charge in [-0.3, -0.25) is 9.97 Å². The zero-order chi connectivity index (χ0) is 50.1. The fraction of sp³-hybridized carbons (Fsp3) is 0.388. The summed E-state index contributed by atoms with van der Waals surface area (Å²) in [4.78, 5) is 60.3. The molecule has 20 heteroatoms. The number of ether oxygens (including phenoxy) is 2. The van der Waals surface area contributed by atoms with Crippen LogP contribution < -0.4 is 9.80 Å². The van der Waals surface area contributed by atoms with Gasteiger partial charge in [-0.1, -0.05) is 18.2 Å². The van der Waals surface area contributed by atoms with Crippen LogP contribution in [0.4, 0.5) is 44.7 Å². The van der Waals surface area contributed by atoms with E-state index >= 15 is 0 Å². The monoisotopic (exact) mass is 1010 g/mol. The van der Waals surface area contributed by atoms with Crippen LogP contribution in [0.2, 0.25) is 0 Å². The van der Waals surface area contributed by atoms with Crippen molar-refractivity contribution in [1.82, 2.24) is 34.5 Å². The zero-order valence-electron chi connectivity index (χ0n) is 38.8. The molecule has 0 radical (unpaired) electrons. The van der Waals surface area contributed by atoms with Gasteiger partial charge in [0.05, 0.1) is 47.1 Å². The number of carbonyl (C=O) groups is 2. The molecule has 0 unspecified atom stereocenters. The number of allylic oxidation sites excluding steroid dienone is 3. The first-order chi connectivity index (χ1) is 32.6. The Labute approximate surface area is 406 Å². The molecule has 2 saturated carbocycles. The highest BCUT2D eigenvalue weighted by Crippen LogP contribution is 2.48. The minimum atomic E-state index is -1.13. The molecule has 2 amide bonds. The van der Waals surface area contributed by atoms with Gasteiger partial charge in [0.1, 0.15) is 35.2 Å². The predicted octanol–water partition coefficient (Wildman–Crippen LogP) is 11.5. The quantitative estimate of drug-likeness (QED) is 0.103. The molecule has 69 heavy (non-hydrogen) atoms. The lowest BCUT2D eigenvalue weighted by Crippen LogP contribution is -2.54. The van der Waals surface area contributed by atoms with Gasteiger partial charge in [0.25, 0.3) is 0 Å². The molecule has 0 aromatic carbocycles. The summed E-state index contributed by atoms with van der Waals surface area (Å²) in [7, 11) is 0. The highest BCUT2D eigenvalue weighted by molar-refractivity contribution is 9.10. The number of hydrogen-bond donors (Lipinski definition) is 0. The number of halogens is 5. The van der Waals surface area contributed by atoms with Gasteiger partial charge < -0.3 is 14.0 Å². The van der Waals surface area contributed by atoms with E-state index in [1.54, 1.807) is 64.6 Å². The molecule has 3 aliphatic rings. The van der Waals surface area contributed by atoms with Gasteiger partial charge in [0.2, 0.25) is 17.6 Å². The molecular weight excluding hydrogens is 963 g/mol. The van der Waals surface area contributed by atoms with Gasteiger partial charge in [-0.2, -0.15) is 0 Å². The predicted molar refractivity (Wildman–Crippen MR) is 253 cm³/mol. The Morgan fingerprint density at radius 2 is 1.22 bits per heavy atom. The third kappa shape index (κ3) is 13.1. The van der Waals surface area contributed by atoms with Crippen molar-refractivity contribution >= 4 is 45.7 Å². The summed E-state index contributed by atoms with van der Waals surface area (Å²) in [5.74, 6) is -0.961. The van der Waals surface area contributed by atoms with E-state index in [9.17, 15) is 27.2 Å². The van der Waals surface area contributed by atoms with Crippen LogP contribution in [-0.2, 0) is 20.3 Å². The molecule has 5 aromatic rings. The Balaban J connectivity index is 0.000000201. The van der Waals surface area contributed by atoms with Gasteiger partial charge in [-0.15, -0.1) is 0 Å². The summed E-state index contributed by atoms with van der Waals surface area (Å²) in [6, 6.07) is 7.15. The van der Waals surface area contributed by atoms with Crippen molar-refractivity contribution < 1.29 is 36.6 Å². The minimum absolute atomic E-state index is 0.0150. The number of aromatic nitrogens is 7. The molecule has 360 valence electrons. The van der Waals surface area contributed by atoms with E-state index in [4.69, 9.17) is 22.6 Å². The van der Waals surface area contributed by atoms with Crippen molar-refractivity contribution in [3.63, 3.8) is 0 Å². The highest BCUT2D eigenvalue weighted by atomic mass is 79.9. The largest absolute Gasteiger partial charge is 0.443 e. The van der Waals surface area contributed by atoms with Crippen molar-refractivity contribution in [3.05, 3.63) is 154 Å². The molecule has 3 aliphatic carbocycles. The zero-order valence-corrected chi connectivity index (χ0v) is 40.4. The number of nitrogens with zero attached hydrogens (tertiary/aromatic N) is 11. The average Bonchev–Trinajstić information content (AvgIpc) is 3.99. The topological polar surface area (TPSA) is 150 Å². The Bertz CT molecular complexity index is 2750. The van der Waals surface area contributed by atoms with Crippen LogP contribution in [0.1, 0.15) is 85.0 Å². The fourth-order valence-electron chi connectivity index (χ4n) is 7.77. The fourth-order valence-corrected chi connectivity index (χ4v) is 7.97. The molecule has 0 aliphatic heterocycles. The summed E-state index contributed by atoms with van der Waals surface area (Å²) in [6.45, 7) is 23.9. The molecule has 2 fully saturated rings. The lowest BCUT2D eigenvalue weighted by molar-refractivity contribution is 0.0499. The summed E-state index contributed by atoms with van der Waals surface area (Å²) in [6.07, 6.45) is 15.4. The van der Waals surface area contributed by atoms with Gasteiger partial charge in [0.15, 0.2) is 5.70 Å². The average molecular weight is 1010 g/mol. The normalized spacial score (nSPS) is 20.2. The number of anilines is 2. The van der Waals surface area contributed by atoms with Crippen LogP contribution in [0.15, 0.2) is 108 Å². The third-order valence-corrected chi connectivity index (χ3v) is 11.2. The second-order valence-electron chi connectivity index (χ2n) is 18.6. The molecule has 5 heterocycles. The van der Waals surface area contributed by atoms with Crippen molar-refractivity contribution in [1.29, 1.82) is 0 Å². The maximum absolute atomic E-state index is 14.7. The van der Waals surface area contributed by atoms with E-state index < -0.39 is 58.2 Å². The molecule has 5 aromatic heterocycles. The lowest BCUT2D eigenvalue weighted by atomic mass is 9.64. The van der Waals surface area contributed by atoms with Crippen molar-refractivity contribution in [2.45, 2.75) is 108 Å². The summed E-state index contributed by atoms with van der Waals surface area (Å²) < 4.78 is 70.4. The van der Waals surface area contributed by atoms with Crippen LogP contribution >= 0.6 is 15.9 Å². The molecular formula is C49H50BrF4N11O4. The Hall–Kier alpha value is -7.06. The Morgan fingerprint density at radius 1 is 0.754 bits per heavy atom. The van der Waals surface area contributed by atoms with Crippen LogP contribution in [0.3, 0.4) is 0 Å². The second-order valence-corrected chi connectivity index (χ2v) is 19.5. The van der Waals surface area contributed by atoms with E-state index in [2.05, 4.69) is 55.5 Å². The first-order valence-electron chi connectivity index (χ1n) is 21.7. The first kappa shape index (κ1) is 51.3. The first-order valence-corrected chi connectivity index (χ1v) is 22.5. The maximum Gasteiger partial charge on any atom is 0.417 e. The minimum Gasteiger partial charge on any atom is -0.443 e. The van der Waals surface area contributed by atoms with E-state index in [0.717, 1.165) is 12.1 Å². The highest BCUT2D eigenvalue weighted by Gasteiger charge is 2.52. The van der Waals surface area contributed by atoms with Crippen LogP contribution in [0, 0.1) is 24.8 Å². The molecule has 8 rings (SSSR count). The summed E-state index contributed by atoms with van der Waals surface area (Å²) in [5, 5.41) is 0. The molecule has 0 N–H and O–H groups in total.